The SMILES string of the molecule is COC(=O)c1cc(CNC(=O)C23CC4CC(CC(C4)C2)C3)cc(NC(=O)Cc2ccsc2)c1. The number of benzene rings is 1. The lowest BCUT2D eigenvalue weighted by Gasteiger charge is -2.55. The van der Waals surface area contributed by atoms with Crippen LogP contribution in [0, 0.1) is 23.2 Å². The molecule has 4 saturated carbocycles. The van der Waals surface area contributed by atoms with Crippen molar-refractivity contribution in [2.24, 2.45) is 23.2 Å². The van der Waals surface area contributed by atoms with Crippen molar-refractivity contribution < 1.29 is 19.1 Å². The molecular weight excluding hydrogens is 436 g/mol. The van der Waals surface area contributed by atoms with Gasteiger partial charge in [0.15, 0.2) is 0 Å². The van der Waals surface area contributed by atoms with E-state index in [1.807, 2.05) is 22.9 Å². The Bertz CT molecular complexity index is 1030. The Labute approximate surface area is 198 Å². The average Bonchev–Trinajstić information content (AvgIpc) is 3.28. The van der Waals surface area contributed by atoms with Gasteiger partial charge in [0.1, 0.15) is 0 Å². The number of nitrogens with one attached hydrogen (secondary N) is 2. The van der Waals surface area contributed by atoms with E-state index in [0.29, 0.717) is 35.5 Å². The van der Waals surface area contributed by atoms with Crippen LogP contribution in [0.2, 0.25) is 0 Å². The molecule has 0 unspecified atom stereocenters. The molecule has 6 nitrogen and oxygen atoms in total. The fourth-order valence-corrected chi connectivity index (χ4v) is 7.31. The van der Waals surface area contributed by atoms with Crippen LogP contribution in [0.4, 0.5) is 5.69 Å². The first-order chi connectivity index (χ1) is 15.9. The predicted molar refractivity (Wildman–Crippen MR) is 127 cm³/mol. The van der Waals surface area contributed by atoms with E-state index in [0.717, 1.165) is 30.4 Å². The number of methoxy groups -OCH3 is 1. The van der Waals surface area contributed by atoms with Crippen molar-refractivity contribution in [3.05, 3.63) is 51.7 Å². The summed E-state index contributed by atoms with van der Waals surface area (Å²) in [5.74, 6) is 1.63. The Kier molecular flexibility index (Phi) is 5.99. The second-order valence-electron chi connectivity index (χ2n) is 10.1. The molecule has 4 fully saturated rings. The number of rotatable bonds is 7. The second-order valence-corrected chi connectivity index (χ2v) is 10.9. The maximum atomic E-state index is 13.3. The summed E-state index contributed by atoms with van der Waals surface area (Å²) >= 11 is 1.55. The van der Waals surface area contributed by atoms with E-state index >= 15 is 0 Å². The molecule has 1 aromatic heterocycles. The number of amides is 2. The van der Waals surface area contributed by atoms with Gasteiger partial charge in [-0.25, -0.2) is 4.79 Å². The Morgan fingerprint density at radius 1 is 1.03 bits per heavy atom. The van der Waals surface area contributed by atoms with Crippen LogP contribution < -0.4 is 10.6 Å². The zero-order valence-electron chi connectivity index (χ0n) is 18.9. The number of anilines is 1. The molecule has 0 saturated heterocycles. The summed E-state index contributed by atoms with van der Waals surface area (Å²) in [5, 5.41) is 9.91. The van der Waals surface area contributed by atoms with Crippen LogP contribution in [0.3, 0.4) is 0 Å². The Morgan fingerprint density at radius 3 is 2.33 bits per heavy atom. The minimum absolute atomic E-state index is 0.146. The lowest BCUT2D eigenvalue weighted by molar-refractivity contribution is -0.146. The van der Waals surface area contributed by atoms with Crippen molar-refractivity contribution in [3.8, 4) is 0 Å². The highest BCUT2D eigenvalue weighted by molar-refractivity contribution is 7.08. The molecular formula is C26H30N2O4S. The van der Waals surface area contributed by atoms with Crippen molar-refractivity contribution in [1.82, 2.24) is 5.32 Å². The van der Waals surface area contributed by atoms with Crippen molar-refractivity contribution in [2.45, 2.75) is 51.5 Å². The normalized spacial score (nSPS) is 27.2. The van der Waals surface area contributed by atoms with E-state index in [4.69, 9.17) is 4.74 Å². The first-order valence-corrected chi connectivity index (χ1v) is 12.7. The summed E-state index contributed by atoms with van der Waals surface area (Å²) < 4.78 is 4.89. The molecule has 33 heavy (non-hydrogen) atoms. The summed E-state index contributed by atoms with van der Waals surface area (Å²) in [7, 11) is 1.33. The maximum Gasteiger partial charge on any atom is 0.337 e. The molecule has 1 heterocycles. The number of hydrogen-bond donors (Lipinski definition) is 2. The van der Waals surface area contributed by atoms with Crippen molar-refractivity contribution in [1.29, 1.82) is 0 Å². The van der Waals surface area contributed by atoms with Crippen molar-refractivity contribution >= 4 is 34.8 Å². The van der Waals surface area contributed by atoms with Crippen LogP contribution in [0.5, 0.6) is 0 Å². The lowest BCUT2D eigenvalue weighted by atomic mass is 9.49. The van der Waals surface area contributed by atoms with Gasteiger partial charge in [0.2, 0.25) is 11.8 Å². The van der Waals surface area contributed by atoms with E-state index in [9.17, 15) is 14.4 Å². The van der Waals surface area contributed by atoms with Gasteiger partial charge in [0.25, 0.3) is 0 Å². The Morgan fingerprint density at radius 2 is 1.73 bits per heavy atom. The number of carbonyl (C=O) groups excluding carboxylic acids is 3. The van der Waals surface area contributed by atoms with Gasteiger partial charge in [-0.2, -0.15) is 11.3 Å². The third kappa shape index (κ3) is 4.69. The average molecular weight is 467 g/mol. The molecule has 0 spiro atoms. The molecule has 0 radical (unpaired) electrons. The summed E-state index contributed by atoms with van der Waals surface area (Å²) in [6.45, 7) is 0.318. The molecule has 174 valence electrons. The molecule has 4 aliphatic carbocycles. The topological polar surface area (TPSA) is 84.5 Å². The number of thiophene rings is 1. The van der Waals surface area contributed by atoms with E-state index in [-0.39, 0.29) is 23.7 Å². The third-order valence-electron chi connectivity index (χ3n) is 7.62. The maximum absolute atomic E-state index is 13.3. The van der Waals surface area contributed by atoms with E-state index in [1.165, 1.54) is 26.4 Å². The molecule has 4 aliphatic rings. The molecule has 4 bridgehead atoms. The third-order valence-corrected chi connectivity index (χ3v) is 8.35. The Balaban J connectivity index is 1.29. The number of esters is 1. The summed E-state index contributed by atoms with van der Waals surface area (Å²) in [6, 6.07) is 7.07. The summed E-state index contributed by atoms with van der Waals surface area (Å²) in [6.07, 6.45) is 7.18. The largest absolute Gasteiger partial charge is 0.465 e. The fraction of sp³-hybridized carbons (Fsp3) is 0.500. The van der Waals surface area contributed by atoms with Crippen LogP contribution >= 0.6 is 11.3 Å². The van der Waals surface area contributed by atoms with Gasteiger partial charge in [-0.3, -0.25) is 9.59 Å². The molecule has 2 amide bonds. The zero-order valence-corrected chi connectivity index (χ0v) is 19.7. The van der Waals surface area contributed by atoms with Crippen LogP contribution in [-0.4, -0.2) is 24.9 Å². The van der Waals surface area contributed by atoms with Crippen molar-refractivity contribution in [3.63, 3.8) is 0 Å². The van der Waals surface area contributed by atoms with Gasteiger partial charge in [0.05, 0.1) is 19.1 Å². The smallest absolute Gasteiger partial charge is 0.337 e. The standard InChI is InChI=1S/C26H30N2O4S/c1-32-24(30)21-7-20(8-22(10-21)28-23(29)9-16-2-3-33-15-16)14-27-25(31)26-11-17-4-18(12-26)6-19(5-17)13-26/h2-3,7-8,10,15,17-19H,4-6,9,11-14H2,1H3,(H,27,31)(H,28,29). The first kappa shape index (κ1) is 22.1. The van der Waals surface area contributed by atoms with Crippen LogP contribution in [0.1, 0.15) is 60.0 Å². The van der Waals surface area contributed by atoms with Crippen LogP contribution in [0.15, 0.2) is 35.0 Å². The molecule has 1 aromatic carbocycles. The molecule has 0 atom stereocenters. The molecule has 2 aromatic rings. The van der Waals surface area contributed by atoms with E-state index < -0.39 is 5.97 Å². The molecule has 0 aliphatic heterocycles. The summed E-state index contributed by atoms with van der Waals surface area (Å²) in [5.41, 5.74) is 2.38. The van der Waals surface area contributed by atoms with Crippen LogP contribution in [-0.2, 0) is 27.3 Å². The second kappa shape index (κ2) is 8.93. The minimum atomic E-state index is -0.474. The van der Waals surface area contributed by atoms with E-state index in [2.05, 4.69) is 10.6 Å². The van der Waals surface area contributed by atoms with Gasteiger partial charge >= 0.3 is 5.97 Å². The van der Waals surface area contributed by atoms with Gasteiger partial charge < -0.3 is 15.4 Å². The first-order valence-electron chi connectivity index (χ1n) is 11.7. The quantitative estimate of drug-likeness (QED) is 0.587. The predicted octanol–water partition coefficient (Wildman–Crippen LogP) is 4.55. The monoisotopic (exact) mass is 466 g/mol. The number of hydrogen-bond acceptors (Lipinski definition) is 5. The van der Waals surface area contributed by atoms with Crippen molar-refractivity contribution in [2.75, 3.05) is 12.4 Å². The molecule has 7 heteroatoms. The molecule has 6 rings (SSSR count). The number of ether oxygens (including phenoxy) is 1. The molecule has 2 N–H and O–H groups in total. The summed E-state index contributed by atoms with van der Waals surface area (Å²) in [4.78, 5) is 38.0. The highest BCUT2D eigenvalue weighted by atomic mass is 32.1. The lowest BCUT2D eigenvalue weighted by Crippen LogP contribution is -2.53. The van der Waals surface area contributed by atoms with Gasteiger partial charge in [-0.05, 0) is 102 Å². The Hall–Kier alpha value is -2.67. The highest BCUT2D eigenvalue weighted by Crippen LogP contribution is 2.60. The fourth-order valence-electron chi connectivity index (χ4n) is 6.64. The zero-order chi connectivity index (χ0) is 23.0. The van der Waals surface area contributed by atoms with Crippen LogP contribution in [0.25, 0.3) is 0 Å². The van der Waals surface area contributed by atoms with Gasteiger partial charge in [-0.1, -0.05) is 0 Å². The minimum Gasteiger partial charge on any atom is -0.465 e. The van der Waals surface area contributed by atoms with Gasteiger partial charge in [-0.15, -0.1) is 0 Å². The highest BCUT2D eigenvalue weighted by Gasteiger charge is 2.54. The number of carbonyl (C=O) groups is 3. The van der Waals surface area contributed by atoms with Gasteiger partial charge in [0, 0.05) is 17.6 Å². The van der Waals surface area contributed by atoms with E-state index in [1.54, 1.807) is 23.5 Å².